The van der Waals surface area contributed by atoms with Crippen molar-refractivity contribution in [3.63, 3.8) is 0 Å². The van der Waals surface area contributed by atoms with Gasteiger partial charge in [0.05, 0.1) is 5.70 Å². The molecule has 2 saturated carbocycles. The first-order chi connectivity index (χ1) is 25.3. The summed E-state index contributed by atoms with van der Waals surface area (Å²) in [5.41, 5.74) is 3.31. The fraction of sp³-hybridized carbons (Fsp3) is 0.692. The van der Waals surface area contributed by atoms with Gasteiger partial charge in [0.1, 0.15) is 23.7 Å². The Labute approximate surface area is 312 Å². The van der Waals surface area contributed by atoms with Crippen molar-refractivity contribution in [1.82, 2.24) is 35.5 Å². The van der Waals surface area contributed by atoms with Gasteiger partial charge < -0.3 is 34.2 Å². The third kappa shape index (κ3) is 10.9. The standard InChI is InChI=1S/C39H58F2N8O4/c1-39(2,3)53-38(51)48-19-15-26(16-20-48)7-6-18-46(4)22-27-10-12-30(13-11-27)49-24-31(34(45-49)35(40)41)43-36(50)32-25-52-37(44-32)29-14-17-42-33(21-29)47(5)23-28-8-9-28/h14,17,21,24-28,30,34-35,45H,6-13,15-16,18-20,22-23H2,1-5H3,(H,43,50). The van der Waals surface area contributed by atoms with E-state index in [4.69, 9.17) is 9.15 Å². The van der Waals surface area contributed by atoms with Crippen LogP contribution in [0.2, 0.25) is 0 Å². The summed E-state index contributed by atoms with van der Waals surface area (Å²) in [5.74, 6) is 2.36. The highest BCUT2D eigenvalue weighted by atomic mass is 19.3. The zero-order valence-electron chi connectivity index (χ0n) is 32.0. The van der Waals surface area contributed by atoms with E-state index in [2.05, 4.69) is 37.6 Å². The normalized spacial score (nSPS) is 22.7. The van der Waals surface area contributed by atoms with Gasteiger partial charge in [-0.15, -0.1) is 0 Å². The second-order valence-corrected chi connectivity index (χ2v) is 16.6. The van der Waals surface area contributed by atoms with Crippen molar-refractivity contribution in [2.24, 2.45) is 17.8 Å². The summed E-state index contributed by atoms with van der Waals surface area (Å²) in [4.78, 5) is 40.7. The number of halogens is 2. The maximum Gasteiger partial charge on any atom is 0.410 e. The quantitative estimate of drug-likeness (QED) is 0.222. The molecule has 4 aliphatic rings. The fourth-order valence-electron chi connectivity index (χ4n) is 7.78. The molecule has 2 aliphatic heterocycles. The molecule has 2 amide bonds. The van der Waals surface area contributed by atoms with Gasteiger partial charge in [0.25, 0.3) is 12.3 Å². The molecule has 0 aromatic carbocycles. The van der Waals surface area contributed by atoms with Crippen molar-refractivity contribution in [2.75, 3.05) is 51.7 Å². The Morgan fingerprint density at radius 3 is 2.42 bits per heavy atom. The van der Waals surface area contributed by atoms with E-state index in [1.807, 2.05) is 38.8 Å². The number of anilines is 1. The van der Waals surface area contributed by atoms with E-state index in [9.17, 15) is 18.4 Å². The van der Waals surface area contributed by atoms with E-state index in [0.717, 1.165) is 89.9 Å². The summed E-state index contributed by atoms with van der Waals surface area (Å²) in [6.45, 7) is 10.2. The number of piperidine rings is 1. The summed E-state index contributed by atoms with van der Waals surface area (Å²) >= 11 is 0. The monoisotopic (exact) mass is 740 g/mol. The van der Waals surface area contributed by atoms with E-state index >= 15 is 0 Å². The lowest BCUT2D eigenvalue weighted by Gasteiger charge is -2.36. The number of hydrazine groups is 1. The van der Waals surface area contributed by atoms with E-state index < -0.39 is 24.0 Å². The maximum absolute atomic E-state index is 14.2. The molecule has 1 saturated heterocycles. The van der Waals surface area contributed by atoms with Crippen LogP contribution in [0.25, 0.3) is 11.5 Å². The van der Waals surface area contributed by atoms with Gasteiger partial charge in [-0.05, 0) is 128 Å². The lowest BCUT2D eigenvalue weighted by molar-refractivity contribution is 0.0179. The molecule has 2 aromatic rings. The minimum atomic E-state index is -2.70. The summed E-state index contributed by atoms with van der Waals surface area (Å²) < 4.78 is 39.5. The van der Waals surface area contributed by atoms with Gasteiger partial charge in [-0.2, -0.15) is 0 Å². The number of hydrogen-bond acceptors (Lipinski definition) is 10. The van der Waals surface area contributed by atoms with Crippen molar-refractivity contribution < 1.29 is 27.5 Å². The van der Waals surface area contributed by atoms with Gasteiger partial charge in [-0.25, -0.2) is 29.0 Å². The second-order valence-electron chi connectivity index (χ2n) is 16.6. The van der Waals surface area contributed by atoms with Crippen LogP contribution < -0.4 is 15.6 Å². The first kappa shape index (κ1) is 38.9. The van der Waals surface area contributed by atoms with Gasteiger partial charge >= 0.3 is 6.09 Å². The fourth-order valence-corrected chi connectivity index (χ4v) is 7.78. The number of nitrogens with zero attached hydrogens (tertiary/aromatic N) is 6. The third-order valence-electron chi connectivity index (χ3n) is 11.0. The van der Waals surface area contributed by atoms with Crippen LogP contribution in [0.4, 0.5) is 19.4 Å². The Morgan fingerprint density at radius 1 is 1.04 bits per heavy atom. The van der Waals surface area contributed by atoms with Gasteiger partial charge in [-0.1, -0.05) is 0 Å². The Morgan fingerprint density at radius 2 is 1.74 bits per heavy atom. The highest BCUT2D eigenvalue weighted by molar-refractivity contribution is 5.93. The molecule has 1 unspecified atom stereocenters. The summed E-state index contributed by atoms with van der Waals surface area (Å²) in [5, 5.41) is 4.45. The number of rotatable bonds is 14. The number of carbonyl (C=O) groups is 2. The van der Waals surface area contributed by atoms with Gasteiger partial charge in [0, 0.05) is 57.2 Å². The molecule has 6 rings (SSSR count). The molecule has 53 heavy (non-hydrogen) atoms. The van der Waals surface area contributed by atoms with Crippen LogP contribution in [-0.4, -0.2) is 108 Å². The molecule has 2 N–H and O–H groups in total. The van der Waals surface area contributed by atoms with Crippen molar-refractivity contribution in [1.29, 1.82) is 0 Å². The van der Waals surface area contributed by atoms with Gasteiger partial charge in [-0.3, -0.25) is 4.79 Å². The van der Waals surface area contributed by atoms with Crippen molar-refractivity contribution in [3.8, 4) is 11.5 Å². The minimum Gasteiger partial charge on any atom is -0.444 e. The molecule has 292 valence electrons. The molecule has 2 aromatic heterocycles. The largest absolute Gasteiger partial charge is 0.444 e. The molecule has 14 heteroatoms. The number of likely N-dealkylation sites (tertiary alicyclic amines) is 1. The first-order valence-corrected chi connectivity index (χ1v) is 19.5. The summed E-state index contributed by atoms with van der Waals surface area (Å²) in [7, 11) is 4.19. The van der Waals surface area contributed by atoms with Crippen LogP contribution in [0.5, 0.6) is 0 Å². The number of hydrogen-bond donors (Lipinski definition) is 2. The average Bonchev–Trinajstić information content (AvgIpc) is 3.61. The van der Waals surface area contributed by atoms with E-state index in [1.165, 1.54) is 19.1 Å². The number of amides is 2. The van der Waals surface area contributed by atoms with Crippen LogP contribution >= 0.6 is 0 Å². The number of carbonyl (C=O) groups excluding carboxylic acids is 2. The zero-order valence-corrected chi connectivity index (χ0v) is 32.0. The topological polar surface area (TPSA) is 119 Å². The second kappa shape index (κ2) is 17.1. The smallest absolute Gasteiger partial charge is 0.410 e. The van der Waals surface area contributed by atoms with Crippen molar-refractivity contribution in [3.05, 3.63) is 42.2 Å². The summed E-state index contributed by atoms with van der Waals surface area (Å²) in [6, 6.07) is 2.39. The Bertz CT molecular complexity index is 1560. The van der Waals surface area contributed by atoms with Crippen molar-refractivity contribution >= 4 is 17.8 Å². The molecule has 0 radical (unpaired) electrons. The molecule has 3 fully saturated rings. The molecule has 1 atom stereocenters. The lowest BCUT2D eigenvalue weighted by Crippen LogP contribution is -2.48. The lowest BCUT2D eigenvalue weighted by atomic mass is 9.85. The van der Waals surface area contributed by atoms with Crippen LogP contribution in [0.1, 0.15) is 95.5 Å². The van der Waals surface area contributed by atoms with Gasteiger partial charge in [0.15, 0.2) is 5.69 Å². The van der Waals surface area contributed by atoms with E-state index in [0.29, 0.717) is 23.3 Å². The number of nitrogens with one attached hydrogen (secondary N) is 2. The number of aromatic nitrogens is 2. The zero-order chi connectivity index (χ0) is 37.7. The number of ether oxygens (including phenoxy) is 1. The molecular formula is C39H58F2N8O4. The highest BCUT2D eigenvalue weighted by Crippen LogP contribution is 2.33. The predicted molar refractivity (Wildman–Crippen MR) is 199 cm³/mol. The van der Waals surface area contributed by atoms with E-state index in [-0.39, 0.29) is 29.4 Å². The van der Waals surface area contributed by atoms with Crippen LogP contribution in [0.3, 0.4) is 0 Å². The average molecular weight is 741 g/mol. The third-order valence-corrected chi connectivity index (χ3v) is 11.0. The molecule has 0 spiro atoms. The van der Waals surface area contributed by atoms with Crippen LogP contribution in [0, 0.1) is 17.8 Å². The number of pyridine rings is 1. The predicted octanol–water partition coefficient (Wildman–Crippen LogP) is 6.53. The number of oxazole rings is 1. The molecule has 12 nitrogen and oxygen atoms in total. The highest BCUT2D eigenvalue weighted by Gasteiger charge is 2.37. The van der Waals surface area contributed by atoms with Crippen LogP contribution in [0.15, 0.2) is 40.9 Å². The molecule has 0 bridgehead atoms. The van der Waals surface area contributed by atoms with Crippen molar-refractivity contribution in [2.45, 2.75) is 109 Å². The maximum atomic E-state index is 14.2. The SMILES string of the molecule is CN(CCCC1CCN(C(=O)OC(C)(C)C)CC1)CC1CCC(N2C=C(NC(=O)c3coc(-c4ccnc(N(C)CC5CC5)c4)n3)C(C(F)F)N2)CC1. The first-order valence-electron chi connectivity index (χ1n) is 19.5. The summed E-state index contributed by atoms with van der Waals surface area (Å²) in [6.07, 6.45) is 12.3. The van der Waals surface area contributed by atoms with E-state index in [1.54, 1.807) is 23.5 Å². The Kier molecular flexibility index (Phi) is 12.6. The van der Waals surface area contributed by atoms with Crippen LogP contribution in [-0.2, 0) is 4.74 Å². The Balaban J connectivity index is 0.926. The van der Waals surface area contributed by atoms with Gasteiger partial charge in [0.2, 0.25) is 5.89 Å². The molecule has 2 aliphatic carbocycles. The number of alkyl halides is 2. The molecule has 4 heterocycles. The Hall–Kier alpha value is -3.78. The minimum absolute atomic E-state index is 0.0188. The molecular weight excluding hydrogens is 682 g/mol.